The Kier molecular flexibility index (Phi) is 5.52. The number of rotatable bonds is 4. The molecular formula is C20H18F3N5O2S. The van der Waals surface area contributed by atoms with E-state index in [4.69, 9.17) is 5.73 Å². The van der Waals surface area contributed by atoms with Crippen LogP contribution in [0.3, 0.4) is 0 Å². The number of thiazole rings is 1. The van der Waals surface area contributed by atoms with Crippen LogP contribution >= 0.6 is 11.3 Å². The number of carbonyl (C=O) groups is 2. The molecule has 7 nitrogen and oxygen atoms in total. The van der Waals surface area contributed by atoms with Gasteiger partial charge < -0.3 is 10.6 Å². The van der Waals surface area contributed by atoms with E-state index in [1.54, 1.807) is 4.90 Å². The lowest BCUT2D eigenvalue weighted by molar-refractivity contribution is -0.0102. The second kappa shape index (κ2) is 8.14. The first-order valence-electron chi connectivity index (χ1n) is 9.52. The number of fused-ring (bicyclic) bond motifs is 1. The molecule has 3 aromatic rings. The number of pyridine rings is 1. The molecule has 2 aromatic heterocycles. The molecule has 31 heavy (non-hydrogen) atoms. The summed E-state index contributed by atoms with van der Waals surface area (Å²) in [6, 6.07) is 5.51. The normalized spacial score (nSPS) is 16.2. The van der Waals surface area contributed by atoms with Gasteiger partial charge in [-0.2, -0.15) is 0 Å². The van der Waals surface area contributed by atoms with Gasteiger partial charge in [-0.25, -0.2) is 23.1 Å². The molecule has 11 heteroatoms. The van der Waals surface area contributed by atoms with Crippen molar-refractivity contribution in [3.05, 3.63) is 46.7 Å². The van der Waals surface area contributed by atoms with E-state index >= 15 is 0 Å². The molecule has 0 bridgehead atoms. The molecule has 0 saturated carbocycles. The summed E-state index contributed by atoms with van der Waals surface area (Å²) in [5, 5.41) is 3.27. The Labute approximate surface area is 179 Å². The Hall–Kier alpha value is -3.21. The van der Waals surface area contributed by atoms with Crippen LogP contribution < -0.4 is 16.0 Å². The molecule has 0 radical (unpaired) electrons. The van der Waals surface area contributed by atoms with Crippen molar-refractivity contribution in [3.63, 3.8) is 0 Å². The highest BCUT2D eigenvalue weighted by atomic mass is 32.1. The summed E-state index contributed by atoms with van der Waals surface area (Å²) in [5.74, 6) is -4.33. The minimum absolute atomic E-state index is 0.00414. The minimum Gasteiger partial charge on any atom is -0.365 e. The molecule has 2 amide bonds. The molecule has 1 aliphatic rings. The van der Waals surface area contributed by atoms with Crippen LogP contribution in [0.25, 0.3) is 10.9 Å². The summed E-state index contributed by atoms with van der Waals surface area (Å²) in [6.45, 7) is 0.289. The third kappa shape index (κ3) is 4.61. The van der Waals surface area contributed by atoms with Crippen LogP contribution in [0, 0.1) is 5.82 Å². The second-order valence-corrected chi connectivity index (χ2v) is 8.27. The lowest BCUT2D eigenvalue weighted by Gasteiger charge is -2.24. The van der Waals surface area contributed by atoms with Crippen molar-refractivity contribution < 1.29 is 22.8 Å². The largest absolute Gasteiger partial charge is 0.365 e. The van der Waals surface area contributed by atoms with Gasteiger partial charge in [-0.1, -0.05) is 11.3 Å². The number of halogens is 3. The quantitative estimate of drug-likeness (QED) is 0.631. The zero-order valence-electron chi connectivity index (χ0n) is 16.2. The van der Waals surface area contributed by atoms with Gasteiger partial charge in [0.2, 0.25) is 5.92 Å². The Morgan fingerprint density at radius 3 is 2.74 bits per heavy atom. The van der Waals surface area contributed by atoms with E-state index in [1.165, 1.54) is 30.5 Å². The predicted octanol–water partition coefficient (Wildman–Crippen LogP) is 3.81. The number of benzene rings is 1. The number of amides is 2. The number of alkyl halides is 2. The highest BCUT2D eigenvalue weighted by Crippen LogP contribution is 2.32. The van der Waals surface area contributed by atoms with Crippen molar-refractivity contribution in [1.82, 2.24) is 9.97 Å². The Morgan fingerprint density at radius 1 is 1.19 bits per heavy atom. The molecule has 0 atom stereocenters. The maximum Gasteiger partial charge on any atom is 0.261 e. The average Bonchev–Trinajstić information content (AvgIpc) is 3.10. The number of nitrogens with one attached hydrogen (secondary N) is 1. The fourth-order valence-corrected chi connectivity index (χ4v) is 4.09. The minimum atomic E-state index is -2.79. The summed E-state index contributed by atoms with van der Waals surface area (Å²) in [6.07, 6.45) is 0.862. The Balaban J connectivity index is 1.72. The average molecular weight is 449 g/mol. The van der Waals surface area contributed by atoms with Crippen LogP contribution in [0.1, 0.15) is 39.3 Å². The standard InChI is InChI=1S/C20H18F3N5O2S/c21-12-3-2-11-8-13(18(30)27-19-25-10-15(31-19)16(24)29)17(26-14(11)9-12)28-6-1-4-20(22,23)5-7-28/h2-3,8-10H,1,4-7H2,(H2,24,29)(H,25,27,30). The topological polar surface area (TPSA) is 101 Å². The Morgan fingerprint density at radius 2 is 2.00 bits per heavy atom. The van der Waals surface area contributed by atoms with Gasteiger partial charge in [0.25, 0.3) is 11.8 Å². The summed E-state index contributed by atoms with van der Waals surface area (Å²) < 4.78 is 41.4. The molecular weight excluding hydrogens is 431 g/mol. The van der Waals surface area contributed by atoms with Crippen LogP contribution in [0.2, 0.25) is 0 Å². The van der Waals surface area contributed by atoms with E-state index in [0.717, 1.165) is 11.3 Å². The lowest BCUT2D eigenvalue weighted by atomic mass is 10.1. The van der Waals surface area contributed by atoms with Crippen molar-refractivity contribution in [3.8, 4) is 0 Å². The molecule has 1 aromatic carbocycles. The lowest BCUT2D eigenvalue weighted by Crippen LogP contribution is -2.29. The third-order valence-corrected chi connectivity index (χ3v) is 5.92. The van der Waals surface area contributed by atoms with Gasteiger partial charge in [-0.15, -0.1) is 0 Å². The summed E-state index contributed by atoms with van der Waals surface area (Å²) in [7, 11) is 0. The highest BCUT2D eigenvalue weighted by Gasteiger charge is 2.33. The Bertz CT molecular complexity index is 1170. The van der Waals surface area contributed by atoms with E-state index in [1.807, 2.05) is 0 Å². The number of hydrogen-bond donors (Lipinski definition) is 2. The van der Waals surface area contributed by atoms with Crippen LogP contribution in [0.4, 0.5) is 24.1 Å². The molecule has 162 valence electrons. The molecule has 0 aliphatic carbocycles. The number of hydrogen-bond acceptors (Lipinski definition) is 6. The molecule has 3 heterocycles. The predicted molar refractivity (Wildman–Crippen MR) is 111 cm³/mol. The molecule has 1 saturated heterocycles. The van der Waals surface area contributed by atoms with Gasteiger partial charge in [0.15, 0.2) is 5.13 Å². The molecule has 4 rings (SSSR count). The molecule has 3 N–H and O–H groups in total. The zero-order valence-corrected chi connectivity index (χ0v) is 17.0. The van der Waals surface area contributed by atoms with Gasteiger partial charge in [0.1, 0.15) is 16.5 Å². The van der Waals surface area contributed by atoms with Crippen molar-refractivity contribution in [2.24, 2.45) is 5.73 Å². The van der Waals surface area contributed by atoms with Crippen LogP contribution in [-0.2, 0) is 0 Å². The molecule has 0 spiro atoms. The van der Waals surface area contributed by atoms with Crippen LogP contribution in [0.5, 0.6) is 0 Å². The fourth-order valence-electron chi connectivity index (χ4n) is 3.42. The second-order valence-electron chi connectivity index (χ2n) is 7.24. The monoisotopic (exact) mass is 449 g/mol. The summed E-state index contributed by atoms with van der Waals surface area (Å²) in [4.78, 5) is 34.5. The molecule has 1 fully saturated rings. The van der Waals surface area contributed by atoms with Crippen LogP contribution in [0.15, 0.2) is 30.5 Å². The third-order valence-electron chi connectivity index (χ3n) is 4.99. The van der Waals surface area contributed by atoms with E-state index in [0.29, 0.717) is 10.9 Å². The van der Waals surface area contributed by atoms with Crippen molar-refractivity contribution in [2.75, 3.05) is 23.3 Å². The first kappa shape index (κ1) is 21.0. The number of nitrogens with zero attached hydrogens (tertiary/aromatic N) is 3. The SMILES string of the molecule is NC(=O)c1cnc(NC(=O)c2cc3ccc(F)cc3nc2N2CCCC(F)(F)CC2)s1. The number of anilines is 2. The van der Waals surface area contributed by atoms with Gasteiger partial charge in [0, 0.05) is 37.4 Å². The molecule has 0 unspecified atom stereocenters. The van der Waals surface area contributed by atoms with Crippen molar-refractivity contribution >= 4 is 45.0 Å². The van der Waals surface area contributed by atoms with Crippen molar-refractivity contribution in [1.29, 1.82) is 0 Å². The van der Waals surface area contributed by atoms with Crippen LogP contribution in [-0.4, -0.2) is 40.8 Å². The van der Waals surface area contributed by atoms with Gasteiger partial charge in [0.05, 0.1) is 17.3 Å². The van der Waals surface area contributed by atoms with Gasteiger partial charge in [-0.05, 0) is 24.6 Å². The van der Waals surface area contributed by atoms with E-state index < -0.39 is 23.6 Å². The van der Waals surface area contributed by atoms with E-state index in [9.17, 15) is 22.8 Å². The van der Waals surface area contributed by atoms with Gasteiger partial charge >= 0.3 is 0 Å². The first-order valence-corrected chi connectivity index (χ1v) is 10.3. The summed E-state index contributed by atoms with van der Waals surface area (Å²) >= 11 is 0.914. The summed E-state index contributed by atoms with van der Waals surface area (Å²) in [5.41, 5.74) is 5.66. The number of carbonyl (C=O) groups excluding carboxylic acids is 2. The zero-order chi connectivity index (χ0) is 22.2. The first-order chi connectivity index (χ1) is 14.7. The fraction of sp³-hybridized carbons (Fsp3) is 0.300. The maximum atomic E-state index is 13.9. The maximum absolute atomic E-state index is 13.9. The van der Waals surface area contributed by atoms with Crippen molar-refractivity contribution in [2.45, 2.75) is 25.2 Å². The number of aromatic nitrogens is 2. The number of primary amides is 1. The van der Waals surface area contributed by atoms with Gasteiger partial charge in [-0.3, -0.25) is 14.9 Å². The number of nitrogens with two attached hydrogens (primary N) is 1. The van der Waals surface area contributed by atoms with E-state index in [-0.39, 0.29) is 53.7 Å². The smallest absolute Gasteiger partial charge is 0.261 e. The molecule has 1 aliphatic heterocycles. The van der Waals surface area contributed by atoms with E-state index in [2.05, 4.69) is 15.3 Å². The highest BCUT2D eigenvalue weighted by molar-refractivity contribution is 7.17.